The summed E-state index contributed by atoms with van der Waals surface area (Å²) in [7, 11) is 0. The molecule has 1 aromatic heterocycles. The number of nitrogens with zero attached hydrogens (tertiary/aromatic N) is 2. The molecule has 0 spiro atoms. The van der Waals surface area contributed by atoms with Gasteiger partial charge in [0.2, 0.25) is 0 Å². The van der Waals surface area contributed by atoms with E-state index >= 15 is 0 Å². The summed E-state index contributed by atoms with van der Waals surface area (Å²) < 4.78 is 1.60. The molecule has 17 heavy (non-hydrogen) atoms. The van der Waals surface area contributed by atoms with Gasteiger partial charge in [-0.3, -0.25) is 4.79 Å². The van der Waals surface area contributed by atoms with Gasteiger partial charge in [0.05, 0.1) is 0 Å². The molecule has 2 rings (SSSR count). The molecule has 88 valence electrons. The van der Waals surface area contributed by atoms with Crippen LogP contribution in [0.4, 0.5) is 0 Å². The molecule has 0 aliphatic heterocycles. The minimum Gasteiger partial charge on any atom is -0.311 e. The quantitative estimate of drug-likeness (QED) is 0.834. The van der Waals surface area contributed by atoms with Gasteiger partial charge in [-0.25, -0.2) is 4.98 Å². The van der Waals surface area contributed by atoms with Crippen molar-refractivity contribution < 1.29 is 0 Å². The van der Waals surface area contributed by atoms with Crippen molar-refractivity contribution in [3.8, 4) is 0 Å². The molecule has 4 heteroatoms. The summed E-state index contributed by atoms with van der Waals surface area (Å²) in [6.07, 6.45) is 5.07. The van der Waals surface area contributed by atoms with Crippen LogP contribution in [0.2, 0.25) is 5.15 Å². The monoisotopic (exact) mass is 248 g/mol. The van der Waals surface area contributed by atoms with Gasteiger partial charge in [0.1, 0.15) is 0 Å². The molecule has 2 aromatic rings. The Labute approximate surface area is 105 Å². The van der Waals surface area contributed by atoms with E-state index in [0.717, 1.165) is 12.8 Å². The van der Waals surface area contributed by atoms with Crippen molar-refractivity contribution in [1.82, 2.24) is 9.55 Å². The SMILES string of the molecule is O=c1c(Cl)nccn1CCCc1ccccc1. The number of hydrogen-bond acceptors (Lipinski definition) is 2. The fraction of sp³-hybridized carbons (Fsp3) is 0.231. The van der Waals surface area contributed by atoms with E-state index in [9.17, 15) is 4.79 Å². The van der Waals surface area contributed by atoms with E-state index < -0.39 is 0 Å². The van der Waals surface area contributed by atoms with E-state index in [1.807, 2.05) is 18.2 Å². The average molecular weight is 249 g/mol. The number of aryl methyl sites for hydroxylation is 2. The van der Waals surface area contributed by atoms with Crippen LogP contribution in [0.25, 0.3) is 0 Å². The maximum absolute atomic E-state index is 11.6. The number of halogens is 1. The highest BCUT2D eigenvalue weighted by Gasteiger charge is 2.01. The molecule has 3 nitrogen and oxygen atoms in total. The molecule has 0 amide bonds. The molecule has 0 atom stereocenters. The van der Waals surface area contributed by atoms with Crippen molar-refractivity contribution in [2.75, 3.05) is 0 Å². The maximum atomic E-state index is 11.6. The number of benzene rings is 1. The minimum atomic E-state index is -0.220. The van der Waals surface area contributed by atoms with Gasteiger partial charge < -0.3 is 4.57 Å². The van der Waals surface area contributed by atoms with Crippen molar-refractivity contribution in [1.29, 1.82) is 0 Å². The van der Waals surface area contributed by atoms with Gasteiger partial charge in [-0.15, -0.1) is 0 Å². The highest BCUT2D eigenvalue weighted by atomic mass is 35.5. The van der Waals surface area contributed by atoms with Gasteiger partial charge in [-0.1, -0.05) is 41.9 Å². The van der Waals surface area contributed by atoms with E-state index in [4.69, 9.17) is 11.6 Å². The third kappa shape index (κ3) is 3.17. The average Bonchev–Trinajstić information content (AvgIpc) is 2.36. The smallest absolute Gasteiger partial charge is 0.288 e. The normalized spacial score (nSPS) is 10.4. The fourth-order valence-corrected chi connectivity index (χ4v) is 1.86. The lowest BCUT2D eigenvalue weighted by atomic mass is 10.1. The summed E-state index contributed by atoms with van der Waals surface area (Å²) in [5.41, 5.74) is 1.06. The largest absolute Gasteiger partial charge is 0.311 e. The number of hydrogen-bond donors (Lipinski definition) is 0. The van der Waals surface area contributed by atoms with Crippen LogP contribution in [0, 0.1) is 0 Å². The van der Waals surface area contributed by atoms with Crippen molar-refractivity contribution in [3.05, 3.63) is 63.8 Å². The highest BCUT2D eigenvalue weighted by Crippen LogP contribution is 2.03. The Kier molecular flexibility index (Phi) is 3.94. The minimum absolute atomic E-state index is 0.0345. The van der Waals surface area contributed by atoms with Crippen LogP contribution in [0.1, 0.15) is 12.0 Å². The Bertz CT molecular complexity index is 537. The zero-order valence-electron chi connectivity index (χ0n) is 9.34. The number of aromatic nitrogens is 2. The molecule has 0 fully saturated rings. The van der Waals surface area contributed by atoms with E-state index in [1.165, 1.54) is 5.56 Å². The molecule has 0 radical (unpaired) electrons. The third-order valence-electron chi connectivity index (χ3n) is 2.58. The molecule has 0 aliphatic carbocycles. The summed E-state index contributed by atoms with van der Waals surface area (Å²) in [6, 6.07) is 10.2. The standard InChI is InChI=1S/C13H13ClN2O/c14-12-13(17)16(10-8-15-12)9-4-7-11-5-2-1-3-6-11/h1-3,5-6,8,10H,4,7,9H2. The lowest BCUT2D eigenvalue weighted by Gasteiger charge is -2.05. The molecule has 0 saturated heterocycles. The molecule has 0 saturated carbocycles. The van der Waals surface area contributed by atoms with Gasteiger partial charge in [-0.2, -0.15) is 0 Å². The maximum Gasteiger partial charge on any atom is 0.288 e. The highest BCUT2D eigenvalue weighted by molar-refractivity contribution is 6.29. The van der Waals surface area contributed by atoms with Crippen LogP contribution in [0.15, 0.2) is 47.5 Å². The molecular weight excluding hydrogens is 236 g/mol. The van der Waals surface area contributed by atoms with Gasteiger partial charge in [-0.05, 0) is 18.4 Å². The summed E-state index contributed by atoms with van der Waals surface area (Å²) in [4.78, 5) is 15.3. The van der Waals surface area contributed by atoms with Gasteiger partial charge in [0.15, 0.2) is 5.15 Å². The first-order valence-electron chi connectivity index (χ1n) is 5.52. The molecule has 0 N–H and O–H groups in total. The predicted octanol–water partition coefficient (Wildman–Crippen LogP) is 2.53. The van der Waals surface area contributed by atoms with Crippen LogP contribution < -0.4 is 5.56 Å². The Morgan fingerprint density at radius 1 is 1.24 bits per heavy atom. The lowest BCUT2D eigenvalue weighted by Crippen LogP contribution is -2.20. The van der Waals surface area contributed by atoms with E-state index in [0.29, 0.717) is 6.54 Å². The first-order chi connectivity index (χ1) is 8.27. The molecule has 0 bridgehead atoms. The second-order valence-electron chi connectivity index (χ2n) is 3.81. The molecule has 0 aliphatic rings. The summed E-state index contributed by atoms with van der Waals surface area (Å²) in [5, 5.41) is 0.0345. The van der Waals surface area contributed by atoms with Crippen LogP contribution in [-0.4, -0.2) is 9.55 Å². The zero-order chi connectivity index (χ0) is 12.1. The zero-order valence-corrected chi connectivity index (χ0v) is 10.1. The van der Waals surface area contributed by atoms with E-state index in [2.05, 4.69) is 17.1 Å². The first-order valence-corrected chi connectivity index (χ1v) is 5.90. The van der Waals surface area contributed by atoms with Crippen molar-refractivity contribution >= 4 is 11.6 Å². The predicted molar refractivity (Wildman–Crippen MR) is 68.3 cm³/mol. The first kappa shape index (κ1) is 11.9. The third-order valence-corrected chi connectivity index (χ3v) is 2.84. The summed E-state index contributed by atoms with van der Waals surface area (Å²) in [6.45, 7) is 0.663. The second-order valence-corrected chi connectivity index (χ2v) is 4.16. The molecule has 1 aromatic carbocycles. The Balaban J connectivity index is 1.95. The Morgan fingerprint density at radius 2 is 2.00 bits per heavy atom. The van der Waals surface area contributed by atoms with Crippen LogP contribution >= 0.6 is 11.6 Å². The van der Waals surface area contributed by atoms with Crippen LogP contribution in [-0.2, 0) is 13.0 Å². The van der Waals surface area contributed by atoms with Crippen molar-refractivity contribution in [2.45, 2.75) is 19.4 Å². The summed E-state index contributed by atoms with van der Waals surface area (Å²) in [5.74, 6) is 0. The van der Waals surface area contributed by atoms with Crippen molar-refractivity contribution in [2.24, 2.45) is 0 Å². The van der Waals surface area contributed by atoms with Gasteiger partial charge >= 0.3 is 0 Å². The topological polar surface area (TPSA) is 34.9 Å². The molecule has 1 heterocycles. The fourth-order valence-electron chi connectivity index (χ4n) is 1.69. The Hall–Kier alpha value is -1.61. The van der Waals surface area contributed by atoms with Gasteiger partial charge in [0, 0.05) is 18.9 Å². The van der Waals surface area contributed by atoms with Crippen molar-refractivity contribution in [3.63, 3.8) is 0 Å². The second kappa shape index (κ2) is 5.64. The lowest BCUT2D eigenvalue weighted by molar-refractivity contribution is 0.618. The van der Waals surface area contributed by atoms with Gasteiger partial charge in [0.25, 0.3) is 5.56 Å². The number of rotatable bonds is 4. The molecular formula is C13H13ClN2O. The van der Waals surface area contributed by atoms with Crippen LogP contribution in [0.3, 0.4) is 0 Å². The Morgan fingerprint density at radius 3 is 2.76 bits per heavy atom. The molecule has 0 unspecified atom stereocenters. The van der Waals surface area contributed by atoms with E-state index in [1.54, 1.807) is 17.0 Å². The summed E-state index contributed by atoms with van der Waals surface area (Å²) >= 11 is 5.67. The van der Waals surface area contributed by atoms with E-state index in [-0.39, 0.29) is 10.7 Å². The van der Waals surface area contributed by atoms with Crippen LogP contribution in [0.5, 0.6) is 0 Å².